The van der Waals surface area contributed by atoms with Gasteiger partial charge in [0.1, 0.15) is 6.61 Å². The fourth-order valence-corrected chi connectivity index (χ4v) is 5.04. The van der Waals surface area contributed by atoms with Gasteiger partial charge in [0, 0.05) is 6.54 Å². The maximum absolute atomic E-state index is 11.9. The summed E-state index contributed by atoms with van der Waals surface area (Å²) in [5, 5.41) is 3.29. The molecule has 0 spiro atoms. The zero-order chi connectivity index (χ0) is 16.5. The molecule has 0 atom stereocenters. The average Bonchev–Trinajstić information content (AvgIpc) is 2.49. The maximum atomic E-state index is 11.9. The van der Waals surface area contributed by atoms with Crippen molar-refractivity contribution in [1.82, 2.24) is 5.32 Å². The molecule has 23 heavy (non-hydrogen) atoms. The van der Waals surface area contributed by atoms with E-state index in [1.807, 2.05) is 20.8 Å². The van der Waals surface area contributed by atoms with Gasteiger partial charge in [0.05, 0.1) is 17.7 Å². The van der Waals surface area contributed by atoms with Gasteiger partial charge in [-0.15, -0.1) is 0 Å². The maximum Gasteiger partial charge on any atom is 0.311 e. The highest BCUT2D eigenvalue weighted by molar-refractivity contribution is 5.75. The van der Waals surface area contributed by atoms with Crippen LogP contribution < -0.4 is 5.32 Å². The number of carbonyl (C=O) groups is 1. The minimum Gasteiger partial charge on any atom is -0.464 e. The van der Waals surface area contributed by atoms with Crippen LogP contribution in [0.5, 0.6) is 0 Å². The molecule has 4 aliphatic carbocycles. The predicted molar refractivity (Wildman–Crippen MR) is 89.9 cm³/mol. The summed E-state index contributed by atoms with van der Waals surface area (Å²) >= 11 is 0. The molecule has 0 aromatic rings. The summed E-state index contributed by atoms with van der Waals surface area (Å²) in [5.41, 5.74) is -0.224. The highest BCUT2D eigenvalue weighted by Crippen LogP contribution is 2.56. The Balaban J connectivity index is 1.33. The van der Waals surface area contributed by atoms with Crippen LogP contribution in [0, 0.1) is 23.2 Å². The molecule has 132 valence electrons. The van der Waals surface area contributed by atoms with Crippen LogP contribution in [0.4, 0.5) is 0 Å². The second-order valence-corrected chi connectivity index (χ2v) is 8.76. The van der Waals surface area contributed by atoms with Crippen molar-refractivity contribution >= 4 is 5.97 Å². The fourth-order valence-electron chi connectivity index (χ4n) is 5.04. The molecule has 0 radical (unpaired) electrons. The molecular weight excluding hydrogens is 290 g/mol. The van der Waals surface area contributed by atoms with Crippen LogP contribution in [0.1, 0.15) is 65.7 Å². The number of hydrogen-bond donors (Lipinski definition) is 1. The van der Waals surface area contributed by atoms with Gasteiger partial charge in [-0.25, -0.2) is 0 Å². The molecule has 4 aliphatic rings. The van der Waals surface area contributed by atoms with E-state index >= 15 is 0 Å². The molecule has 0 aliphatic heterocycles. The Morgan fingerprint density at radius 1 is 1.13 bits per heavy atom. The van der Waals surface area contributed by atoms with E-state index in [0.29, 0.717) is 19.9 Å². The Bertz CT molecular complexity index is 397. The van der Waals surface area contributed by atoms with Crippen molar-refractivity contribution in [2.75, 3.05) is 19.9 Å². The highest BCUT2D eigenvalue weighted by Gasteiger charge is 2.51. The number of carbonyl (C=O) groups excluding carboxylic acids is 1. The van der Waals surface area contributed by atoms with Gasteiger partial charge in [0.25, 0.3) is 0 Å². The first-order chi connectivity index (χ1) is 10.9. The third-order valence-electron chi connectivity index (χ3n) is 6.41. The Labute approximate surface area is 140 Å². The second kappa shape index (κ2) is 6.72. The van der Waals surface area contributed by atoms with Crippen LogP contribution in [0.15, 0.2) is 0 Å². The highest BCUT2D eigenvalue weighted by atomic mass is 16.5. The van der Waals surface area contributed by atoms with Crippen molar-refractivity contribution in [2.24, 2.45) is 23.2 Å². The largest absolute Gasteiger partial charge is 0.464 e. The van der Waals surface area contributed by atoms with Crippen LogP contribution in [0.25, 0.3) is 0 Å². The van der Waals surface area contributed by atoms with Crippen LogP contribution in [-0.4, -0.2) is 31.5 Å². The van der Waals surface area contributed by atoms with Crippen LogP contribution in [0.2, 0.25) is 0 Å². The predicted octanol–water partition coefficient (Wildman–Crippen LogP) is 3.50. The van der Waals surface area contributed by atoms with E-state index in [1.165, 1.54) is 38.5 Å². The summed E-state index contributed by atoms with van der Waals surface area (Å²) in [4.78, 5) is 11.9. The molecule has 0 unspecified atom stereocenters. The van der Waals surface area contributed by atoms with Crippen molar-refractivity contribution in [3.05, 3.63) is 0 Å². The van der Waals surface area contributed by atoms with Gasteiger partial charge in [0.15, 0.2) is 0 Å². The summed E-state index contributed by atoms with van der Waals surface area (Å²) in [7, 11) is 0. The summed E-state index contributed by atoms with van der Waals surface area (Å²) in [6.45, 7) is 7.54. The standard InChI is InChI=1S/C19H33NO3/c1-4-18(2,3)17(21)22-6-5-20-13-23-19-10-14-7-15(11-19)9-16(8-14)12-19/h14-16,20H,4-13H2,1-3H3. The van der Waals surface area contributed by atoms with E-state index in [2.05, 4.69) is 5.32 Å². The topological polar surface area (TPSA) is 47.6 Å². The van der Waals surface area contributed by atoms with Gasteiger partial charge in [-0.1, -0.05) is 6.92 Å². The molecule has 4 bridgehead atoms. The van der Waals surface area contributed by atoms with E-state index in [-0.39, 0.29) is 17.0 Å². The average molecular weight is 323 g/mol. The van der Waals surface area contributed by atoms with Crippen LogP contribution >= 0.6 is 0 Å². The Morgan fingerprint density at radius 3 is 2.22 bits per heavy atom. The molecule has 0 amide bonds. The van der Waals surface area contributed by atoms with Gasteiger partial charge < -0.3 is 9.47 Å². The summed E-state index contributed by atoms with van der Waals surface area (Å²) < 4.78 is 11.6. The lowest BCUT2D eigenvalue weighted by Gasteiger charge is -2.56. The number of hydrogen-bond acceptors (Lipinski definition) is 4. The molecule has 4 rings (SSSR count). The lowest BCUT2D eigenvalue weighted by molar-refractivity contribution is -0.167. The summed E-state index contributed by atoms with van der Waals surface area (Å²) in [6, 6.07) is 0. The normalized spacial score (nSPS) is 35.5. The number of ether oxygens (including phenoxy) is 2. The number of esters is 1. The fraction of sp³-hybridized carbons (Fsp3) is 0.947. The van der Waals surface area contributed by atoms with Crippen molar-refractivity contribution in [2.45, 2.75) is 71.3 Å². The van der Waals surface area contributed by atoms with E-state index in [1.54, 1.807) is 0 Å². The lowest BCUT2D eigenvalue weighted by atomic mass is 9.54. The number of nitrogens with one attached hydrogen (secondary N) is 1. The SMILES string of the molecule is CCC(C)(C)C(=O)OCCNCOC12CC3CC(CC(C3)C1)C2. The second-order valence-electron chi connectivity index (χ2n) is 8.76. The Hall–Kier alpha value is -0.610. The molecule has 0 aromatic carbocycles. The first-order valence-electron chi connectivity index (χ1n) is 9.44. The van der Waals surface area contributed by atoms with Gasteiger partial charge in [-0.05, 0) is 76.5 Å². The molecule has 4 heteroatoms. The van der Waals surface area contributed by atoms with Crippen molar-refractivity contribution in [3.63, 3.8) is 0 Å². The quantitative estimate of drug-likeness (QED) is 0.422. The summed E-state index contributed by atoms with van der Waals surface area (Å²) in [6.07, 6.45) is 8.92. The van der Waals surface area contributed by atoms with Gasteiger partial charge in [0.2, 0.25) is 0 Å². The van der Waals surface area contributed by atoms with Crippen molar-refractivity contribution in [1.29, 1.82) is 0 Å². The molecule has 0 aromatic heterocycles. The lowest BCUT2D eigenvalue weighted by Crippen LogP contribution is -2.52. The molecule has 0 saturated heterocycles. The van der Waals surface area contributed by atoms with Gasteiger partial charge in [-0.3, -0.25) is 10.1 Å². The van der Waals surface area contributed by atoms with E-state index < -0.39 is 0 Å². The molecular formula is C19H33NO3. The molecule has 1 N–H and O–H groups in total. The van der Waals surface area contributed by atoms with Gasteiger partial charge >= 0.3 is 5.97 Å². The summed E-state index contributed by atoms with van der Waals surface area (Å²) in [5.74, 6) is 2.64. The van der Waals surface area contributed by atoms with Crippen LogP contribution in [-0.2, 0) is 14.3 Å². The minimum absolute atomic E-state index is 0.108. The Kier molecular flexibility index (Phi) is 5.03. The first-order valence-corrected chi connectivity index (χ1v) is 9.44. The zero-order valence-corrected chi connectivity index (χ0v) is 15.0. The zero-order valence-electron chi connectivity index (χ0n) is 15.0. The third kappa shape index (κ3) is 3.90. The van der Waals surface area contributed by atoms with Crippen molar-refractivity contribution in [3.8, 4) is 0 Å². The number of rotatable bonds is 8. The molecule has 4 nitrogen and oxygen atoms in total. The minimum atomic E-state index is -0.379. The first kappa shape index (κ1) is 17.2. The van der Waals surface area contributed by atoms with Crippen LogP contribution in [0.3, 0.4) is 0 Å². The van der Waals surface area contributed by atoms with Gasteiger partial charge in [-0.2, -0.15) is 0 Å². The van der Waals surface area contributed by atoms with Crippen molar-refractivity contribution < 1.29 is 14.3 Å². The van der Waals surface area contributed by atoms with E-state index in [0.717, 1.165) is 24.2 Å². The monoisotopic (exact) mass is 323 g/mol. The Morgan fingerprint density at radius 2 is 1.70 bits per heavy atom. The smallest absolute Gasteiger partial charge is 0.311 e. The van der Waals surface area contributed by atoms with E-state index in [9.17, 15) is 4.79 Å². The third-order valence-corrected chi connectivity index (χ3v) is 6.41. The van der Waals surface area contributed by atoms with E-state index in [4.69, 9.17) is 9.47 Å². The molecule has 4 saturated carbocycles. The molecule has 0 heterocycles. The molecule has 4 fully saturated rings.